The molecule has 0 atom stereocenters. The highest BCUT2D eigenvalue weighted by Gasteiger charge is 2.35. The van der Waals surface area contributed by atoms with E-state index >= 15 is 0 Å². The number of nitrogens with one attached hydrogen (secondary N) is 2. The molecule has 2 N–H and O–H groups in total. The van der Waals surface area contributed by atoms with Gasteiger partial charge in [-0.2, -0.15) is 0 Å². The van der Waals surface area contributed by atoms with Crippen LogP contribution in [0.5, 0.6) is 0 Å². The number of nitrogens with zero attached hydrogens (tertiary/aromatic N) is 1. The highest BCUT2D eigenvalue weighted by molar-refractivity contribution is 5.69. The Kier molecular flexibility index (Phi) is 4.46. The summed E-state index contributed by atoms with van der Waals surface area (Å²) in [6.45, 7) is 5.39. The van der Waals surface area contributed by atoms with Crippen molar-refractivity contribution in [3.63, 3.8) is 0 Å². The van der Waals surface area contributed by atoms with Gasteiger partial charge in [-0.1, -0.05) is 0 Å². The molecule has 3 rings (SSSR count). The van der Waals surface area contributed by atoms with Crippen LogP contribution in [0.25, 0.3) is 0 Å². The Hall–Kier alpha value is -0.810. The molecule has 5 nitrogen and oxygen atoms in total. The highest BCUT2D eigenvalue weighted by atomic mass is 16.6. The van der Waals surface area contributed by atoms with Crippen LogP contribution < -0.4 is 10.6 Å². The Morgan fingerprint density at radius 2 is 2.00 bits per heavy atom. The molecule has 1 amide bonds. The summed E-state index contributed by atoms with van der Waals surface area (Å²) in [6.07, 6.45) is 7.91. The third-order valence-corrected chi connectivity index (χ3v) is 5.37. The first-order chi connectivity index (χ1) is 9.77. The minimum absolute atomic E-state index is 0.149. The van der Waals surface area contributed by atoms with Crippen LogP contribution in [0.3, 0.4) is 0 Å². The summed E-state index contributed by atoms with van der Waals surface area (Å²) in [5, 5.41) is 7.10. The zero-order valence-electron chi connectivity index (χ0n) is 12.3. The van der Waals surface area contributed by atoms with Gasteiger partial charge in [0.15, 0.2) is 0 Å². The van der Waals surface area contributed by atoms with Crippen LogP contribution in [0.4, 0.5) is 4.79 Å². The van der Waals surface area contributed by atoms with Crippen molar-refractivity contribution >= 4 is 6.09 Å². The molecular formula is C15H27N3O2. The largest absolute Gasteiger partial charge is 0.448 e. The fourth-order valence-electron chi connectivity index (χ4n) is 3.92. The molecule has 2 aliphatic heterocycles. The van der Waals surface area contributed by atoms with Gasteiger partial charge in [0.05, 0.1) is 6.54 Å². The molecule has 1 spiro atoms. The summed E-state index contributed by atoms with van der Waals surface area (Å²) in [5.41, 5.74) is 0.641. The van der Waals surface area contributed by atoms with Crippen molar-refractivity contribution in [1.82, 2.24) is 15.5 Å². The van der Waals surface area contributed by atoms with Gasteiger partial charge in [0.2, 0.25) is 0 Å². The molecule has 0 bridgehead atoms. The molecule has 1 saturated carbocycles. The summed E-state index contributed by atoms with van der Waals surface area (Å²) < 4.78 is 4.94. The Morgan fingerprint density at radius 1 is 1.25 bits per heavy atom. The smallest absolute Gasteiger partial charge is 0.409 e. The number of amides is 1. The van der Waals surface area contributed by atoms with Gasteiger partial charge in [0, 0.05) is 19.1 Å². The lowest BCUT2D eigenvalue weighted by Gasteiger charge is -2.43. The second-order valence-electron chi connectivity index (χ2n) is 6.58. The van der Waals surface area contributed by atoms with E-state index in [9.17, 15) is 4.79 Å². The third kappa shape index (κ3) is 3.26. The molecule has 1 aliphatic carbocycles. The minimum Gasteiger partial charge on any atom is -0.448 e. The molecule has 3 fully saturated rings. The number of hydrogen-bond donors (Lipinski definition) is 2. The van der Waals surface area contributed by atoms with Crippen LogP contribution in [0.2, 0.25) is 0 Å². The maximum absolute atomic E-state index is 11.3. The van der Waals surface area contributed by atoms with Crippen molar-refractivity contribution < 1.29 is 9.53 Å². The average molecular weight is 281 g/mol. The van der Waals surface area contributed by atoms with Crippen LogP contribution >= 0.6 is 0 Å². The third-order valence-electron chi connectivity index (χ3n) is 5.37. The van der Waals surface area contributed by atoms with Crippen molar-refractivity contribution in [1.29, 1.82) is 0 Å². The lowest BCUT2D eigenvalue weighted by molar-refractivity contribution is 0.115. The standard InChI is InChI=1S/C15H27N3O2/c19-14-18(11-12-20-14)10-9-17-13-1-3-15(4-2-13)5-7-16-8-6-15/h13,16-17H,1-12H2. The number of rotatable bonds is 4. The monoisotopic (exact) mass is 281 g/mol. The molecule has 20 heavy (non-hydrogen) atoms. The predicted molar refractivity (Wildman–Crippen MR) is 77.7 cm³/mol. The summed E-state index contributed by atoms with van der Waals surface area (Å²) in [6, 6.07) is 0.647. The molecule has 3 aliphatic rings. The van der Waals surface area contributed by atoms with Gasteiger partial charge in [-0.3, -0.25) is 0 Å². The Morgan fingerprint density at radius 3 is 2.65 bits per heavy atom. The average Bonchev–Trinajstić information content (AvgIpc) is 2.88. The number of carbonyl (C=O) groups is 1. The Bertz CT molecular complexity index is 332. The maximum atomic E-state index is 11.3. The quantitative estimate of drug-likeness (QED) is 0.816. The van der Waals surface area contributed by atoms with Crippen LogP contribution in [0.1, 0.15) is 38.5 Å². The topological polar surface area (TPSA) is 53.6 Å². The van der Waals surface area contributed by atoms with Gasteiger partial charge in [-0.15, -0.1) is 0 Å². The molecule has 0 radical (unpaired) electrons. The number of carbonyl (C=O) groups excluding carboxylic acids is 1. The molecule has 0 aromatic rings. The van der Waals surface area contributed by atoms with Gasteiger partial charge in [0.1, 0.15) is 6.61 Å². The van der Waals surface area contributed by atoms with Gasteiger partial charge >= 0.3 is 6.09 Å². The van der Waals surface area contributed by atoms with Gasteiger partial charge in [0.25, 0.3) is 0 Å². The maximum Gasteiger partial charge on any atom is 0.409 e. The number of hydrogen-bond acceptors (Lipinski definition) is 4. The molecule has 2 saturated heterocycles. The summed E-state index contributed by atoms with van der Waals surface area (Å²) in [7, 11) is 0. The van der Waals surface area contributed by atoms with Crippen molar-refractivity contribution in [2.24, 2.45) is 5.41 Å². The first-order valence-corrected chi connectivity index (χ1v) is 8.13. The molecular weight excluding hydrogens is 254 g/mol. The van der Waals surface area contributed by atoms with Crippen molar-refractivity contribution in [2.45, 2.75) is 44.6 Å². The Balaban J connectivity index is 1.35. The van der Waals surface area contributed by atoms with E-state index < -0.39 is 0 Å². The zero-order chi connectivity index (χ0) is 13.8. The number of piperidine rings is 1. The lowest BCUT2D eigenvalue weighted by Crippen LogP contribution is -2.44. The molecule has 0 aromatic heterocycles. The second kappa shape index (κ2) is 6.31. The summed E-state index contributed by atoms with van der Waals surface area (Å²) >= 11 is 0. The molecule has 0 aromatic carbocycles. The molecule has 114 valence electrons. The lowest BCUT2D eigenvalue weighted by atomic mass is 9.67. The van der Waals surface area contributed by atoms with Gasteiger partial charge in [-0.05, 0) is 57.0 Å². The van der Waals surface area contributed by atoms with Gasteiger partial charge in [-0.25, -0.2) is 4.79 Å². The van der Waals surface area contributed by atoms with E-state index in [1.54, 1.807) is 4.90 Å². The fraction of sp³-hybridized carbons (Fsp3) is 0.933. The van der Waals surface area contributed by atoms with Gasteiger partial charge < -0.3 is 20.3 Å². The van der Waals surface area contributed by atoms with E-state index in [0.717, 1.165) is 19.6 Å². The Labute approximate surface area is 121 Å². The minimum atomic E-state index is -0.149. The van der Waals surface area contributed by atoms with E-state index in [1.807, 2.05) is 0 Å². The van der Waals surface area contributed by atoms with Crippen molar-refractivity contribution in [3.05, 3.63) is 0 Å². The highest BCUT2D eigenvalue weighted by Crippen LogP contribution is 2.43. The second-order valence-corrected chi connectivity index (χ2v) is 6.58. The van der Waals surface area contributed by atoms with Crippen LogP contribution in [0.15, 0.2) is 0 Å². The molecule has 0 unspecified atom stereocenters. The number of cyclic esters (lactones) is 1. The first-order valence-electron chi connectivity index (χ1n) is 8.13. The molecule has 2 heterocycles. The molecule has 5 heteroatoms. The van der Waals surface area contributed by atoms with Crippen LogP contribution in [0, 0.1) is 5.41 Å². The van der Waals surface area contributed by atoms with E-state index in [0.29, 0.717) is 18.1 Å². The van der Waals surface area contributed by atoms with E-state index in [2.05, 4.69) is 10.6 Å². The summed E-state index contributed by atoms with van der Waals surface area (Å²) in [5.74, 6) is 0. The van der Waals surface area contributed by atoms with E-state index in [1.165, 1.54) is 51.6 Å². The van der Waals surface area contributed by atoms with Crippen molar-refractivity contribution in [2.75, 3.05) is 39.3 Å². The summed E-state index contributed by atoms with van der Waals surface area (Å²) in [4.78, 5) is 13.1. The normalized spacial score (nSPS) is 27.0. The predicted octanol–water partition coefficient (Wildman–Crippen LogP) is 1.34. The van der Waals surface area contributed by atoms with Crippen molar-refractivity contribution in [3.8, 4) is 0 Å². The zero-order valence-corrected chi connectivity index (χ0v) is 12.3. The fourth-order valence-corrected chi connectivity index (χ4v) is 3.92. The SMILES string of the molecule is O=C1OCCN1CCNC1CCC2(CCNCC2)CC1. The van der Waals surface area contributed by atoms with E-state index in [-0.39, 0.29) is 6.09 Å². The van der Waals surface area contributed by atoms with E-state index in [4.69, 9.17) is 4.74 Å². The van der Waals surface area contributed by atoms with Crippen LogP contribution in [-0.2, 0) is 4.74 Å². The van der Waals surface area contributed by atoms with Crippen LogP contribution in [-0.4, -0.2) is 56.4 Å². The first kappa shape index (κ1) is 14.1. The number of ether oxygens (including phenoxy) is 1.